The Labute approximate surface area is 174 Å². The number of carbonyl (C=O) groups is 2. The summed E-state index contributed by atoms with van der Waals surface area (Å²) in [6.45, 7) is -12.8. The summed E-state index contributed by atoms with van der Waals surface area (Å²) in [5.41, 5.74) is 3.07. The molecule has 0 bridgehead atoms. The molecule has 0 fully saturated rings. The van der Waals surface area contributed by atoms with Crippen LogP contribution in [-0.2, 0) is 11.2 Å². The van der Waals surface area contributed by atoms with E-state index < -0.39 is 38.5 Å². The van der Waals surface area contributed by atoms with E-state index in [4.69, 9.17) is 13.7 Å². The molecule has 0 N–H and O–H groups in total. The van der Waals surface area contributed by atoms with Crippen LogP contribution in [0.5, 0.6) is 0 Å². The van der Waals surface area contributed by atoms with E-state index in [0.29, 0.717) is 17.5 Å². The van der Waals surface area contributed by atoms with Gasteiger partial charge in [-0.1, -0.05) is 18.2 Å². The number of hydrogen-bond acceptors (Lipinski definition) is 3. The van der Waals surface area contributed by atoms with Crippen molar-refractivity contribution in [2.45, 2.75) is 33.1 Å². The van der Waals surface area contributed by atoms with E-state index in [1.807, 2.05) is 11.0 Å². The molecule has 0 saturated heterocycles. The maximum atomic E-state index is 13.7. The number of fused-ring (bicyclic) bond motifs is 2. The summed E-state index contributed by atoms with van der Waals surface area (Å²) in [6.07, 6.45) is 3.86. The van der Waals surface area contributed by atoms with E-state index in [0.717, 1.165) is 16.5 Å². The van der Waals surface area contributed by atoms with Gasteiger partial charge in [-0.3, -0.25) is 19.1 Å². The lowest BCUT2D eigenvalue weighted by Crippen LogP contribution is -2.47. The van der Waals surface area contributed by atoms with Crippen molar-refractivity contribution in [1.82, 2.24) is 14.4 Å². The molecule has 142 valence electrons. The van der Waals surface area contributed by atoms with Crippen molar-refractivity contribution >= 4 is 28.3 Å². The van der Waals surface area contributed by atoms with E-state index in [-0.39, 0.29) is 23.4 Å². The molecule has 0 unspecified atom stereocenters. The lowest BCUT2D eigenvalue weighted by Gasteiger charge is -2.40. The van der Waals surface area contributed by atoms with Crippen LogP contribution in [0.3, 0.4) is 0 Å². The van der Waals surface area contributed by atoms with Gasteiger partial charge in [-0.05, 0) is 49.9 Å². The Kier molecular flexibility index (Phi) is 2.38. The largest absolute Gasteiger partial charge is 0.343 e. The van der Waals surface area contributed by atoms with Gasteiger partial charge in [0.2, 0.25) is 11.8 Å². The van der Waals surface area contributed by atoms with Crippen LogP contribution in [0, 0.1) is 5.92 Å². The molecule has 27 heavy (non-hydrogen) atoms. The van der Waals surface area contributed by atoms with E-state index in [1.54, 1.807) is 36.0 Å². The van der Waals surface area contributed by atoms with Crippen LogP contribution in [-0.4, -0.2) is 58.8 Å². The number of nitrogens with zero attached hydrogens (tertiary/aromatic N) is 3. The first kappa shape index (κ1) is 9.69. The Balaban J connectivity index is 1.87. The molecule has 5 nitrogen and oxygen atoms in total. The monoisotopic (exact) mass is 375 g/mol. The predicted octanol–water partition coefficient (Wildman–Crippen LogP) is 3.04. The normalized spacial score (nSPS) is 29.2. The van der Waals surface area contributed by atoms with E-state index in [2.05, 4.69) is 0 Å². The summed E-state index contributed by atoms with van der Waals surface area (Å²) in [7, 11) is 1.73. The Morgan fingerprint density at radius 3 is 2.81 bits per heavy atom. The second-order valence-corrected chi connectivity index (χ2v) is 7.03. The summed E-state index contributed by atoms with van der Waals surface area (Å²) in [5.74, 6) is -2.67. The van der Waals surface area contributed by atoms with Gasteiger partial charge in [-0.15, -0.1) is 0 Å². The highest BCUT2D eigenvalue weighted by molar-refractivity contribution is 6.03. The van der Waals surface area contributed by atoms with Crippen LogP contribution in [0.4, 0.5) is 0 Å². The molecular weight excluding hydrogens is 338 g/mol. The number of aromatic nitrogens is 1. The van der Waals surface area contributed by atoms with Crippen LogP contribution in [0.2, 0.25) is 0 Å². The average Bonchev–Trinajstić information content (AvgIpc) is 3.12. The number of likely N-dealkylation sites (N-methyl/N-ethyl adjacent to an activating group) is 1. The Morgan fingerprint density at radius 2 is 2.11 bits per heavy atom. The van der Waals surface area contributed by atoms with Gasteiger partial charge in [0, 0.05) is 57.8 Å². The number of hydrogen-bond donors (Lipinski definition) is 0. The van der Waals surface area contributed by atoms with Gasteiger partial charge in [0.15, 0.2) is 0 Å². The van der Waals surface area contributed by atoms with Gasteiger partial charge in [0.25, 0.3) is 0 Å². The lowest BCUT2D eigenvalue weighted by atomic mass is 9.79. The highest BCUT2D eigenvalue weighted by atomic mass is 16.2. The standard InChI is InChI=1S/C22H27N3O2/c1-5-24(6-2)22(27)16-10-18-17-8-7-9-19-21(17)15(13-25(19)14(3)26)11-20(18)23(4)12-16/h7-10,13,16,20H,5-6,11-12H2,1-4H3/t16-,20-/m1/s1/i1D3,2D3,5D2,6D2. The number of amides is 1. The average molecular weight is 376 g/mol. The van der Waals surface area contributed by atoms with Crippen molar-refractivity contribution in [1.29, 1.82) is 0 Å². The van der Waals surface area contributed by atoms with Crippen molar-refractivity contribution in [2.24, 2.45) is 5.92 Å². The summed E-state index contributed by atoms with van der Waals surface area (Å²) >= 11 is 0. The SMILES string of the molecule is [2H]C([2H])([2H])C([2H])([2H])N(C(=O)[C@@H]1C=C2c3cccc4c3c(cn4C(C)=O)C[C@H]2N(C)C1)C([2H])([2H])C([2H])([2H])[2H]. The molecule has 1 aliphatic heterocycles. The zero-order chi connectivity index (χ0) is 27.9. The maximum Gasteiger partial charge on any atom is 0.230 e. The molecule has 1 amide bonds. The van der Waals surface area contributed by atoms with Crippen molar-refractivity contribution in [2.75, 3.05) is 26.6 Å². The van der Waals surface area contributed by atoms with Crippen molar-refractivity contribution in [3.63, 3.8) is 0 Å². The van der Waals surface area contributed by atoms with E-state index in [1.165, 1.54) is 6.92 Å². The lowest BCUT2D eigenvalue weighted by molar-refractivity contribution is -0.134. The van der Waals surface area contributed by atoms with Crippen molar-refractivity contribution in [3.05, 3.63) is 41.6 Å². The molecule has 0 radical (unpaired) electrons. The molecule has 1 aromatic carbocycles. The first-order chi connectivity index (χ1) is 16.8. The number of rotatable bonds is 3. The highest BCUT2D eigenvalue weighted by Gasteiger charge is 2.37. The van der Waals surface area contributed by atoms with Crippen molar-refractivity contribution in [3.8, 4) is 0 Å². The fourth-order valence-corrected chi connectivity index (χ4v) is 4.28. The quantitative estimate of drug-likeness (QED) is 0.828. The molecule has 0 saturated carbocycles. The molecule has 2 aromatic rings. The van der Waals surface area contributed by atoms with Gasteiger partial charge in [0.05, 0.1) is 11.4 Å². The fraction of sp³-hybridized carbons (Fsp3) is 0.455. The third-order valence-electron chi connectivity index (χ3n) is 5.49. The first-order valence-electron chi connectivity index (χ1n) is 13.7. The minimum Gasteiger partial charge on any atom is -0.343 e. The smallest absolute Gasteiger partial charge is 0.230 e. The number of carbonyl (C=O) groups excluding carboxylic acids is 2. The number of benzene rings is 1. The van der Waals surface area contributed by atoms with Crippen LogP contribution in [0.1, 0.15) is 50.3 Å². The topological polar surface area (TPSA) is 45.6 Å². The van der Waals surface area contributed by atoms with Gasteiger partial charge >= 0.3 is 0 Å². The molecular formula is C22H27N3O2. The summed E-state index contributed by atoms with van der Waals surface area (Å²) < 4.78 is 79.7. The van der Waals surface area contributed by atoms with E-state index >= 15 is 0 Å². The van der Waals surface area contributed by atoms with Gasteiger partial charge in [-0.25, -0.2) is 0 Å². The van der Waals surface area contributed by atoms with Crippen molar-refractivity contribution < 1.29 is 23.3 Å². The molecule has 2 heterocycles. The maximum absolute atomic E-state index is 13.7. The Bertz CT molecular complexity index is 1280. The highest BCUT2D eigenvalue weighted by Crippen LogP contribution is 2.41. The summed E-state index contributed by atoms with van der Waals surface area (Å²) in [6, 6.07) is 5.19. The zero-order valence-corrected chi connectivity index (χ0v) is 15.1. The minimum absolute atomic E-state index is 0.0175. The van der Waals surface area contributed by atoms with Crippen LogP contribution < -0.4 is 0 Å². The van der Waals surface area contributed by atoms with Crippen LogP contribution in [0.15, 0.2) is 30.5 Å². The van der Waals surface area contributed by atoms with E-state index in [9.17, 15) is 9.59 Å². The third kappa shape index (κ3) is 2.72. The second kappa shape index (κ2) is 6.64. The minimum atomic E-state index is -3.60. The molecule has 2 atom stereocenters. The molecule has 1 aromatic heterocycles. The van der Waals surface area contributed by atoms with Gasteiger partial charge < -0.3 is 4.90 Å². The predicted molar refractivity (Wildman–Crippen MR) is 108 cm³/mol. The van der Waals surface area contributed by atoms with Crippen LogP contribution in [0.25, 0.3) is 16.5 Å². The fourth-order valence-electron chi connectivity index (χ4n) is 4.28. The third-order valence-corrected chi connectivity index (χ3v) is 5.49. The first-order valence-corrected chi connectivity index (χ1v) is 8.71. The second-order valence-electron chi connectivity index (χ2n) is 7.03. The molecule has 4 rings (SSSR count). The zero-order valence-electron chi connectivity index (χ0n) is 25.1. The van der Waals surface area contributed by atoms with Gasteiger partial charge in [0.1, 0.15) is 0 Å². The Morgan fingerprint density at radius 1 is 1.33 bits per heavy atom. The summed E-state index contributed by atoms with van der Waals surface area (Å²) in [4.78, 5) is 27.5. The summed E-state index contributed by atoms with van der Waals surface area (Å²) in [5, 5.41) is 0.828. The molecule has 2 aliphatic rings. The molecule has 5 heteroatoms. The molecule has 1 aliphatic carbocycles. The Hall–Kier alpha value is -2.40. The van der Waals surface area contributed by atoms with Gasteiger partial charge in [-0.2, -0.15) is 0 Å². The molecule has 0 spiro atoms. The van der Waals surface area contributed by atoms with Crippen LogP contribution >= 0.6 is 0 Å².